The van der Waals surface area contributed by atoms with Crippen molar-refractivity contribution in [3.05, 3.63) is 26.5 Å². The summed E-state index contributed by atoms with van der Waals surface area (Å²) in [4.78, 5) is 58.9. The number of phosphoric ester groups is 2. The Morgan fingerprint density at radius 2 is 1.74 bits per heavy atom. The van der Waals surface area contributed by atoms with E-state index in [1.807, 2.05) is 0 Å². The number of fused-ring (bicyclic) bond motifs is 3. The van der Waals surface area contributed by atoms with Crippen LogP contribution in [0.5, 0.6) is 0 Å². The van der Waals surface area contributed by atoms with Gasteiger partial charge in [-0.25, -0.2) is 19.1 Å². The molecule has 0 aliphatic carbocycles. The molecule has 2 saturated heterocycles. The summed E-state index contributed by atoms with van der Waals surface area (Å²) >= 11 is 10.7. The highest BCUT2D eigenvalue weighted by molar-refractivity contribution is 7.68. The lowest BCUT2D eigenvalue weighted by Gasteiger charge is -2.51. The lowest BCUT2D eigenvalue weighted by Crippen LogP contribution is -2.73. The predicted octanol–water partition coefficient (Wildman–Crippen LogP) is -4.70. The van der Waals surface area contributed by atoms with Crippen LogP contribution in [0.1, 0.15) is 6.23 Å². The fourth-order valence-electron chi connectivity index (χ4n) is 5.11. The molecule has 1 amide bonds. The Morgan fingerprint density at radius 1 is 1.04 bits per heavy atom. The molecule has 6 heterocycles. The molecule has 47 heavy (non-hydrogen) atoms. The first-order valence-electron chi connectivity index (χ1n) is 13.3. The molecule has 23 nitrogen and oxygen atoms in total. The van der Waals surface area contributed by atoms with Gasteiger partial charge in [0.05, 0.1) is 31.7 Å². The predicted molar refractivity (Wildman–Crippen MR) is 159 cm³/mol. The average Bonchev–Trinajstić information content (AvgIpc) is 3.52. The van der Waals surface area contributed by atoms with E-state index in [1.165, 1.54) is 0 Å². The number of aliphatic hydroxyl groups is 2. The zero-order chi connectivity index (χ0) is 34.0. The Bertz CT molecular complexity index is 1810. The molecule has 11 atom stereocenters. The number of H-pyrrole nitrogens is 1. The first kappa shape index (κ1) is 34.2. The number of piperazine rings is 1. The molecule has 6 rings (SSSR count). The molecule has 2 fully saturated rings. The number of nitrogens with two attached hydrogens (primary N) is 2. The van der Waals surface area contributed by atoms with Gasteiger partial charge in [-0.05, 0) is 0 Å². The smallest absolute Gasteiger partial charge is 0.481 e. The van der Waals surface area contributed by atoms with E-state index >= 15 is 0 Å². The number of aromatic amines is 1. The highest BCUT2D eigenvalue weighted by Crippen LogP contribution is 2.60. The van der Waals surface area contributed by atoms with Crippen LogP contribution in [0.15, 0.2) is 25.9 Å². The molecule has 0 saturated carbocycles. The van der Waals surface area contributed by atoms with E-state index in [1.54, 1.807) is 0 Å². The zero-order valence-corrected chi connectivity index (χ0v) is 26.7. The van der Waals surface area contributed by atoms with E-state index in [-0.39, 0.29) is 32.8 Å². The number of phosphoric acid groups is 2. The molecule has 0 bridgehead atoms. The average molecular weight is 741 g/mol. The van der Waals surface area contributed by atoms with Crippen molar-refractivity contribution < 1.29 is 56.8 Å². The number of nitrogens with zero attached hydrogens (tertiary/aromatic N) is 4. The molecule has 2 aromatic rings. The van der Waals surface area contributed by atoms with Crippen LogP contribution in [0.4, 0.5) is 5.95 Å². The molecular formula is C20H26N10O13P2S2-2. The summed E-state index contributed by atoms with van der Waals surface area (Å²) in [6.07, 6.45) is -8.34. The number of aliphatic hydroxyl groups excluding tert-OH is 2. The van der Waals surface area contributed by atoms with Gasteiger partial charge in [0.1, 0.15) is 36.4 Å². The van der Waals surface area contributed by atoms with Crippen LogP contribution in [-0.2, 0) is 62.0 Å². The minimum absolute atomic E-state index is 0.0130. The normalized spacial score (nSPS) is 34.9. The number of aromatic nitrogens is 4. The molecule has 0 spiro atoms. The van der Waals surface area contributed by atoms with Crippen LogP contribution in [0.2, 0.25) is 0 Å². The van der Waals surface area contributed by atoms with Crippen molar-refractivity contribution in [1.29, 1.82) is 0 Å². The molecular weight excluding hydrogens is 714 g/mol. The van der Waals surface area contributed by atoms with Gasteiger partial charge in [-0.15, -0.1) is 0 Å². The summed E-state index contributed by atoms with van der Waals surface area (Å²) in [6, 6.07) is -1.67. The van der Waals surface area contributed by atoms with Gasteiger partial charge in [-0.3, -0.25) is 39.2 Å². The number of aliphatic imine (C=N–C) groups is 1. The summed E-state index contributed by atoms with van der Waals surface area (Å²) < 4.78 is 51.5. The zero-order valence-electron chi connectivity index (χ0n) is 23.3. The van der Waals surface area contributed by atoms with Gasteiger partial charge in [0.2, 0.25) is 11.9 Å². The second-order valence-corrected chi connectivity index (χ2v) is 14.3. The van der Waals surface area contributed by atoms with Crippen molar-refractivity contribution in [2.24, 2.45) is 10.7 Å². The first-order valence-corrected chi connectivity index (χ1v) is 17.1. The number of carbonyl (C=O) groups is 1. The molecule has 27 heteroatoms. The Hall–Kier alpha value is -2.71. The lowest BCUT2D eigenvalue weighted by molar-refractivity contribution is -0.124. The minimum atomic E-state index is -5.39. The molecule has 4 aliphatic rings. The van der Waals surface area contributed by atoms with Crippen LogP contribution in [0.25, 0.3) is 11.2 Å². The third-order valence-electron chi connectivity index (χ3n) is 7.23. The number of carbonyl (C=O) groups excluding carboxylic acids is 1. The van der Waals surface area contributed by atoms with Crippen LogP contribution in [-0.4, -0.2) is 113 Å². The van der Waals surface area contributed by atoms with Gasteiger partial charge < -0.3 is 71.1 Å². The van der Waals surface area contributed by atoms with Crippen LogP contribution >= 0.6 is 15.6 Å². The number of nitrogens with one attached hydrogen (secondary N) is 4. The summed E-state index contributed by atoms with van der Waals surface area (Å²) in [5.41, 5.74) is 10.3. The van der Waals surface area contributed by atoms with Gasteiger partial charge >= 0.3 is 15.6 Å². The summed E-state index contributed by atoms with van der Waals surface area (Å²) in [5, 5.41) is 29.3. The topological polar surface area (TPSA) is 342 Å². The molecule has 0 radical (unpaired) electrons. The molecule has 4 aliphatic heterocycles. The number of anilines is 1. The number of hydrogen-bond acceptors (Lipinski definition) is 20. The summed E-state index contributed by atoms with van der Waals surface area (Å²) in [5.74, 6) is -0.553. The van der Waals surface area contributed by atoms with Gasteiger partial charge in [0.25, 0.3) is 5.56 Å². The highest BCUT2D eigenvalue weighted by Gasteiger charge is 2.47. The molecule has 0 aromatic carbocycles. The number of rotatable bonds is 9. The number of imidazole rings is 1. The number of nitrogen functional groups attached to an aromatic ring is 1. The number of amidine groups is 1. The van der Waals surface area contributed by atoms with E-state index in [0.717, 1.165) is 10.9 Å². The Labute approximate surface area is 273 Å². The van der Waals surface area contributed by atoms with Crippen molar-refractivity contribution in [3.8, 4) is 0 Å². The Morgan fingerprint density at radius 3 is 2.47 bits per heavy atom. The number of hydrogen-bond donors (Lipinski definition) is 10. The third kappa shape index (κ3) is 6.79. The fraction of sp³-hybridized carbons (Fsp3) is 0.550. The van der Waals surface area contributed by atoms with Crippen molar-refractivity contribution in [3.63, 3.8) is 0 Å². The second-order valence-electron chi connectivity index (χ2n) is 10.4. The SMILES string of the molecule is Nc1nc2c(ncn2[C@@H]2O[C@H](COP(=O)(O)OP(=O)(O)OC[C@H]3O[C@H]4NC5=NC(N)NC(=O)C5N[C@H]4C([S-])=C3[S-])[C@@H](O)[C@H]2O)c(=O)[nH]1. The van der Waals surface area contributed by atoms with Crippen molar-refractivity contribution in [2.75, 3.05) is 18.9 Å². The third-order valence-corrected chi connectivity index (χ3v) is 10.9. The Kier molecular flexibility index (Phi) is 9.18. The van der Waals surface area contributed by atoms with Gasteiger partial charge in [-0.2, -0.15) is 19.1 Å². The molecule has 258 valence electrons. The second kappa shape index (κ2) is 12.6. The van der Waals surface area contributed by atoms with Gasteiger partial charge in [0, 0.05) is 0 Å². The van der Waals surface area contributed by atoms with Crippen LogP contribution in [0, 0.1) is 0 Å². The van der Waals surface area contributed by atoms with Crippen molar-refractivity contribution >= 4 is 69.8 Å². The van der Waals surface area contributed by atoms with Crippen molar-refractivity contribution in [1.82, 2.24) is 35.5 Å². The van der Waals surface area contributed by atoms with E-state index < -0.39 is 95.6 Å². The highest BCUT2D eigenvalue weighted by atomic mass is 32.1. The standard InChI is InChI=1S/C20H28N10O13P2S2/c21-19-26-13-7(15(33)28-19)24-6-12(47)11(46)5(41-17(6)25-13)2-40-45(37,38)43-44(35,36)39-1-4-9(31)10(32)18(42-4)30-3-23-8-14(30)27-20(22)29-16(8)34/h3-7,9-10,17-19,24,31-32,46-47H,1-2,21H2,(H,25,26)(H,28,33)(H,35,36)(H,37,38)(H3,22,27,29,34)/p-2/t4-,5-,6+,7?,9-,10-,17-,18-,19?/m1/s1. The van der Waals surface area contributed by atoms with Gasteiger partial charge in [0.15, 0.2) is 23.7 Å². The van der Waals surface area contributed by atoms with E-state index in [4.69, 9.17) is 55.2 Å². The van der Waals surface area contributed by atoms with E-state index in [0.29, 0.717) is 0 Å². The molecule has 4 unspecified atom stereocenters. The largest absolute Gasteiger partial charge is 0.784 e. The minimum Gasteiger partial charge on any atom is -0.784 e. The van der Waals surface area contributed by atoms with Crippen LogP contribution < -0.4 is 33.0 Å². The molecule has 2 aromatic heterocycles. The first-order chi connectivity index (χ1) is 22.0. The number of amides is 1. The van der Waals surface area contributed by atoms with E-state index in [9.17, 15) is 38.7 Å². The monoisotopic (exact) mass is 740 g/mol. The lowest BCUT2D eigenvalue weighted by atomic mass is 10.0. The maximum atomic E-state index is 12.6. The van der Waals surface area contributed by atoms with E-state index in [2.05, 4.69) is 40.2 Å². The van der Waals surface area contributed by atoms with Gasteiger partial charge in [-0.1, -0.05) is 0 Å². The summed E-state index contributed by atoms with van der Waals surface area (Å²) in [7, 11) is -10.7. The van der Waals surface area contributed by atoms with Crippen LogP contribution in [0.3, 0.4) is 0 Å². The fourth-order valence-corrected chi connectivity index (χ4v) is 7.76. The summed E-state index contributed by atoms with van der Waals surface area (Å²) in [6.45, 7) is -1.70. The maximum Gasteiger partial charge on any atom is 0.481 e. The number of ether oxygens (including phenoxy) is 2. The quantitative estimate of drug-likeness (QED) is 0.0853. The molecule has 12 N–H and O–H groups in total. The maximum absolute atomic E-state index is 12.6. The Balaban J connectivity index is 1.05. The van der Waals surface area contributed by atoms with Crippen molar-refractivity contribution in [2.45, 2.75) is 55.2 Å².